The number of nitrogens with two attached hydrogens (primary N) is 1. The summed E-state index contributed by atoms with van der Waals surface area (Å²) < 4.78 is 4.93. The molecule has 0 saturated carbocycles. The van der Waals surface area contributed by atoms with Crippen LogP contribution in [0.15, 0.2) is 33.7 Å². The second kappa shape index (κ2) is 5.14. The van der Waals surface area contributed by atoms with Gasteiger partial charge < -0.3 is 15.4 Å². The molecule has 0 radical (unpaired) electrons. The van der Waals surface area contributed by atoms with Crippen molar-refractivity contribution in [1.82, 2.24) is 5.16 Å². The summed E-state index contributed by atoms with van der Waals surface area (Å²) in [5, 5.41) is 12.2. The highest BCUT2D eigenvalue weighted by molar-refractivity contribution is 7.98. The molecule has 0 aliphatic heterocycles. The molecular weight excluding hydrogens is 252 g/mol. The number of hydrogen-bond acceptors (Lipinski definition) is 5. The molecule has 5 nitrogen and oxygen atoms in total. The summed E-state index contributed by atoms with van der Waals surface area (Å²) in [4.78, 5) is 11.7. The molecule has 1 aromatic heterocycles. The van der Waals surface area contributed by atoms with Gasteiger partial charge in [0.05, 0.1) is 5.75 Å². The monoisotopic (exact) mass is 264 g/mol. The van der Waals surface area contributed by atoms with E-state index < -0.39 is 5.97 Å². The number of benzene rings is 1. The molecular formula is C12H12N2O3S. The van der Waals surface area contributed by atoms with E-state index in [1.165, 1.54) is 17.8 Å². The second-order valence-corrected chi connectivity index (χ2v) is 4.81. The summed E-state index contributed by atoms with van der Waals surface area (Å²) >= 11 is 1.53. The Balaban J connectivity index is 2.06. The number of thioether (sulfide) groups is 1. The van der Waals surface area contributed by atoms with E-state index in [2.05, 4.69) is 5.16 Å². The van der Waals surface area contributed by atoms with Gasteiger partial charge in [-0.2, -0.15) is 0 Å². The minimum atomic E-state index is -1.09. The first-order chi connectivity index (χ1) is 8.56. The standard InChI is InChI=1S/C12H12N2O3S/c1-7-2-3-8(13)4-11(7)18-6-9-5-10(12(15)16)14-17-9/h2-5H,6,13H2,1H3,(H,15,16). The fourth-order valence-electron chi connectivity index (χ4n) is 1.40. The van der Waals surface area contributed by atoms with Crippen molar-refractivity contribution < 1.29 is 14.4 Å². The van der Waals surface area contributed by atoms with Gasteiger partial charge in [0, 0.05) is 16.6 Å². The van der Waals surface area contributed by atoms with Gasteiger partial charge in [0.1, 0.15) is 5.76 Å². The van der Waals surface area contributed by atoms with Gasteiger partial charge in [0.15, 0.2) is 5.69 Å². The zero-order valence-electron chi connectivity index (χ0n) is 9.71. The molecule has 94 valence electrons. The molecule has 0 aliphatic rings. The Hall–Kier alpha value is -1.95. The number of rotatable bonds is 4. The predicted molar refractivity (Wildman–Crippen MR) is 68.6 cm³/mol. The van der Waals surface area contributed by atoms with E-state index in [0.717, 1.165) is 10.5 Å². The summed E-state index contributed by atoms with van der Waals surface area (Å²) in [6.45, 7) is 1.99. The van der Waals surface area contributed by atoms with Crippen molar-refractivity contribution in [2.75, 3.05) is 5.73 Å². The molecule has 3 N–H and O–H groups in total. The average molecular weight is 264 g/mol. The first-order valence-electron chi connectivity index (χ1n) is 5.24. The van der Waals surface area contributed by atoms with E-state index in [4.69, 9.17) is 15.4 Å². The van der Waals surface area contributed by atoms with E-state index in [1.807, 2.05) is 25.1 Å². The van der Waals surface area contributed by atoms with Crippen molar-refractivity contribution in [1.29, 1.82) is 0 Å². The third kappa shape index (κ3) is 2.84. The minimum absolute atomic E-state index is 0.0742. The summed E-state index contributed by atoms with van der Waals surface area (Å²) in [5.74, 6) is -0.0424. The maximum atomic E-state index is 10.6. The van der Waals surface area contributed by atoms with Crippen LogP contribution in [0.1, 0.15) is 21.8 Å². The first kappa shape index (κ1) is 12.5. The molecule has 2 aromatic rings. The third-order valence-corrected chi connectivity index (χ3v) is 3.54. The van der Waals surface area contributed by atoms with Crippen LogP contribution in [-0.4, -0.2) is 16.2 Å². The van der Waals surface area contributed by atoms with Gasteiger partial charge in [-0.05, 0) is 24.6 Å². The van der Waals surface area contributed by atoms with E-state index in [1.54, 1.807) is 0 Å². The largest absolute Gasteiger partial charge is 0.476 e. The number of aromatic nitrogens is 1. The van der Waals surface area contributed by atoms with Crippen LogP contribution in [0.25, 0.3) is 0 Å². The maximum absolute atomic E-state index is 10.6. The molecule has 1 heterocycles. The first-order valence-corrected chi connectivity index (χ1v) is 6.22. The van der Waals surface area contributed by atoms with Crippen molar-refractivity contribution in [3.05, 3.63) is 41.3 Å². The lowest BCUT2D eigenvalue weighted by Gasteiger charge is -2.04. The molecule has 0 amide bonds. The Bertz CT molecular complexity index is 580. The van der Waals surface area contributed by atoms with Crippen LogP contribution in [0, 0.1) is 6.92 Å². The lowest BCUT2D eigenvalue weighted by molar-refractivity contribution is 0.0685. The predicted octanol–water partition coefficient (Wildman–Crippen LogP) is 2.56. The quantitative estimate of drug-likeness (QED) is 0.651. The molecule has 6 heteroatoms. The highest BCUT2D eigenvalue weighted by atomic mass is 32.2. The minimum Gasteiger partial charge on any atom is -0.476 e. The number of carboxylic acids is 1. The molecule has 0 saturated heterocycles. The van der Waals surface area contributed by atoms with Gasteiger partial charge in [-0.1, -0.05) is 11.2 Å². The smallest absolute Gasteiger partial charge is 0.358 e. The number of carboxylic acid groups (broad SMARTS) is 1. The van der Waals surface area contributed by atoms with Gasteiger partial charge >= 0.3 is 5.97 Å². The van der Waals surface area contributed by atoms with Crippen LogP contribution in [0.3, 0.4) is 0 Å². The molecule has 0 fully saturated rings. The molecule has 0 spiro atoms. The molecule has 0 bridgehead atoms. The highest BCUT2D eigenvalue weighted by Crippen LogP contribution is 2.27. The van der Waals surface area contributed by atoms with Crippen LogP contribution in [0.2, 0.25) is 0 Å². The topological polar surface area (TPSA) is 89.4 Å². The van der Waals surface area contributed by atoms with Gasteiger partial charge in [-0.15, -0.1) is 11.8 Å². The Morgan fingerprint density at radius 3 is 2.94 bits per heavy atom. The van der Waals surface area contributed by atoms with Crippen LogP contribution in [-0.2, 0) is 5.75 Å². The maximum Gasteiger partial charge on any atom is 0.358 e. The average Bonchev–Trinajstić information content (AvgIpc) is 2.79. The number of aryl methyl sites for hydroxylation is 1. The lowest BCUT2D eigenvalue weighted by atomic mass is 10.2. The van der Waals surface area contributed by atoms with Gasteiger partial charge in [0.2, 0.25) is 0 Å². The van der Waals surface area contributed by atoms with Crippen molar-refractivity contribution in [3.8, 4) is 0 Å². The number of nitrogens with zero attached hydrogens (tertiary/aromatic N) is 1. The summed E-state index contributed by atoms with van der Waals surface area (Å²) in [5.41, 5.74) is 7.46. The summed E-state index contributed by atoms with van der Waals surface area (Å²) in [6, 6.07) is 7.10. The summed E-state index contributed by atoms with van der Waals surface area (Å²) in [6.07, 6.45) is 0. The van der Waals surface area contributed by atoms with Crippen molar-refractivity contribution >= 4 is 23.4 Å². The number of anilines is 1. The Morgan fingerprint density at radius 2 is 2.28 bits per heavy atom. The molecule has 2 rings (SSSR count). The number of hydrogen-bond donors (Lipinski definition) is 2. The van der Waals surface area contributed by atoms with Crippen LogP contribution in [0.5, 0.6) is 0 Å². The molecule has 1 aromatic carbocycles. The Labute approximate surface area is 108 Å². The highest BCUT2D eigenvalue weighted by Gasteiger charge is 2.11. The fourth-order valence-corrected chi connectivity index (χ4v) is 2.35. The van der Waals surface area contributed by atoms with E-state index >= 15 is 0 Å². The Kier molecular flexibility index (Phi) is 3.57. The molecule has 0 atom stereocenters. The molecule has 18 heavy (non-hydrogen) atoms. The van der Waals surface area contributed by atoms with Crippen LogP contribution in [0.4, 0.5) is 5.69 Å². The summed E-state index contributed by atoms with van der Waals surface area (Å²) in [7, 11) is 0. The van der Waals surface area contributed by atoms with E-state index in [0.29, 0.717) is 17.2 Å². The normalized spacial score (nSPS) is 10.5. The second-order valence-electron chi connectivity index (χ2n) is 3.80. The zero-order chi connectivity index (χ0) is 13.1. The van der Waals surface area contributed by atoms with Crippen LogP contribution >= 0.6 is 11.8 Å². The fraction of sp³-hybridized carbons (Fsp3) is 0.167. The van der Waals surface area contributed by atoms with Gasteiger partial charge in [0.25, 0.3) is 0 Å². The SMILES string of the molecule is Cc1ccc(N)cc1SCc1cc(C(=O)O)no1. The molecule has 0 unspecified atom stereocenters. The van der Waals surface area contributed by atoms with Crippen molar-refractivity contribution in [2.24, 2.45) is 0 Å². The van der Waals surface area contributed by atoms with Crippen molar-refractivity contribution in [3.63, 3.8) is 0 Å². The number of carbonyl (C=O) groups is 1. The van der Waals surface area contributed by atoms with E-state index in [9.17, 15) is 4.79 Å². The van der Waals surface area contributed by atoms with Gasteiger partial charge in [-0.25, -0.2) is 4.79 Å². The number of nitrogen functional groups attached to an aromatic ring is 1. The van der Waals surface area contributed by atoms with Gasteiger partial charge in [-0.3, -0.25) is 0 Å². The lowest BCUT2D eigenvalue weighted by Crippen LogP contribution is -1.94. The Morgan fingerprint density at radius 1 is 1.50 bits per heavy atom. The van der Waals surface area contributed by atoms with E-state index in [-0.39, 0.29) is 5.69 Å². The zero-order valence-corrected chi connectivity index (χ0v) is 10.5. The van der Waals surface area contributed by atoms with Crippen molar-refractivity contribution in [2.45, 2.75) is 17.6 Å². The molecule has 0 aliphatic carbocycles. The third-order valence-electron chi connectivity index (χ3n) is 2.36. The number of aromatic carboxylic acids is 1. The van der Waals surface area contributed by atoms with Crippen LogP contribution < -0.4 is 5.73 Å².